The number of ether oxygens (including phenoxy) is 2. The highest BCUT2D eigenvalue weighted by atomic mass is 16.5. The van der Waals surface area contributed by atoms with Crippen LogP contribution in [0.3, 0.4) is 0 Å². The Kier molecular flexibility index (Phi) is 5.36. The third-order valence-corrected chi connectivity index (χ3v) is 4.30. The molecule has 1 saturated carbocycles. The highest BCUT2D eigenvalue weighted by Gasteiger charge is 2.18. The van der Waals surface area contributed by atoms with Crippen molar-refractivity contribution in [1.82, 2.24) is 9.97 Å². The van der Waals surface area contributed by atoms with Crippen LogP contribution in [0.15, 0.2) is 30.6 Å². The van der Waals surface area contributed by atoms with E-state index < -0.39 is 0 Å². The lowest BCUT2D eigenvalue weighted by atomic mass is 9.98. The van der Waals surface area contributed by atoms with E-state index in [0.717, 1.165) is 24.2 Å². The van der Waals surface area contributed by atoms with Gasteiger partial charge < -0.3 is 20.5 Å². The Morgan fingerprint density at radius 3 is 2.58 bits per heavy atom. The van der Waals surface area contributed by atoms with Gasteiger partial charge in [0.1, 0.15) is 23.9 Å². The number of nitrogens with one attached hydrogen (secondary N) is 1. The largest absolute Gasteiger partial charge is 0.497 e. The number of hydrogen-bond acceptors (Lipinski definition) is 6. The molecule has 0 amide bonds. The van der Waals surface area contributed by atoms with Crippen molar-refractivity contribution in [3.8, 4) is 11.6 Å². The molecule has 128 valence electrons. The number of methoxy groups -OCH3 is 1. The Balaban J connectivity index is 1.63. The first-order valence-electron chi connectivity index (χ1n) is 8.40. The predicted octanol–water partition coefficient (Wildman–Crippen LogP) is 3.39. The van der Waals surface area contributed by atoms with Crippen molar-refractivity contribution < 1.29 is 9.47 Å². The molecule has 0 radical (unpaired) electrons. The van der Waals surface area contributed by atoms with Gasteiger partial charge in [0, 0.05) is 6.54 Å². The van der Waals surface area contributed by atoms with Crippen molar-refractivity contribution in [3.05, 3.63) is 36.2 Å². The molecule has 6 nitrogen and oxygen atoms in total. The van der Waals surface area contributed by atoms with Crippen molar-refractivity contribution in [3.63, 3.8) is 0 Å². The standard InChI is InChI=1S/C18H24N4O2/c1-23-14-9-7-13(8-10-14)11-20-17-16(19)18(22-12-21-17)24-15-5-3-2-4-6-15/h7-10,12,15H,2-6,11,19H2,1H3,(H,20,21,22). The molecule has 0 bridgehead atoms. The van der Waals surface area contributed by atoms with Crippen molar-refractivity contribution in [2.24, 2.45) is 0 Å². The van der Waals surface area contributed by atoms with Crippen LogP contribution in [0, 0.1) is 0 Å². The zero-order valence-corrected chi connectivity index (χ0v) is 14.0. The molecule has 0 spiro atoms. The summed E-state index contributed by atoms with van der Waals surface area (Å²) in [6, 6.07) is 7.86. The fraction of sp³-hybridized carbons (Fsp3) is 0.444. The quantitative estimate of drug-likeness (QED) is 0.846. The third kappa shape index (κ3) is 4.07. The normalized spacial score (nSPS) is 15.0. The van der Waals surface area contributed by atoms with Gasteiger partial charge in [-0.3, -0.25) is 0 Å². The lowest BCUT2D eigenvalue weighted by Gasteiger charge is -2.23. The summed E-state index contributed by atoms with van der Waals surface area (Å²) in [4.78, 5) is 8.42. The number of aromatic nitrogens is 2. The topological polar surface area (TPSA) is 82.3 Å². The minimum absolute atomic E-state index is 0.213. The van der Waals surface area contributed by atoms with Gasteiger partial charge in [-0.1, -0.05) is 18.6 Å². The van der Waals surface area contributed by atoms with Crippen LogP contribution in [0.4, 0.5) is 11.5 Å². The summed E-state index contributed by atoms with van der Waals surface area (Å²) in [6.45, 7) is 0.619. The van der Waals surface area contributed by atoms with E-state index in [2.05, 4.69) is 15.3 Å². The monoisotopic (exact) mass is 328 g/mol. The highest BCUT2D eigenvalue weighted by molar-refractivity contribution is 5.66. The van der Waals surface area contributed by atoms with Crippen molar-refractivity contribution in [2.45, 2.75) is 44.8 Å². The van der Waals surface area contributed by atoms with Gasteiger partial charge in [0.15, 0.2) is 5.82 Å². The van der Waals surface area contributed by atoms with Crippen LogP contribution in [-0.4, -0.2) is 23.2 Å². The molecule has 1 aliphatic rings. The van der Waals surface area contributed by atoms with Crippen molar-refractivity contribution >= 4 is 11.5 Å². The first-order valence-corrected chi connectivity index (χ1v) is 8.40. The van der Waals surface area contributed by atoms with E-state index in [9.17, 15) is 0 Å². The number of nitrogen functional groups attached to an aromatic ring is 1. The van der Waals surface area contributed by atoms with Gasteiger partial charge in [-0.05, 0) is 43.4 Å². The summed E-state index contributed by atoms with van der Waals surface area (Å²) in [5.41, 5.74) is 7.76. The predicted molar refractivity (Wildman–Crippen MR) is 94.3 cm³/mol. The SMILES string of the molecule is COc1ccc(CNc2ncnc(OC3CCCCC3)c2N)cc1. The van der Waals surface area contributed by atoms with Crippen LogP contribution >= 0.6 is 0 Å². The van der Waals surface area contributed by atoms with E-state index in [1.54, 1.807) is 7.11 Å². The zero-order chi connectivity index (χ0) is 16.8. The van der Waals surface area contributed by atoms with Crippen molar-refractivity contribution in [1.29, 1.82) is 0 Å². The maximum absolute atomic E-state index is 6.18. The molecule has 1 fully saturated rings. The molecular formula is C18H24N4O2. The Morgan fingerprint density at radius 2 is 1.88 bits per heavy atom. The van der Waals surface area contributed by atoms with Gasteiger partial charge in [0.2, 0.25) is 5.88 Å². The summed E-state index contributed by atoms with van der Waals surface area (Å²) in [7, 11) is 1.66. The second kappa shape index (κ2) is 7.86. The lowest BCUT2D eigenvalue weighted by molar-refractivity contribution is 0.149. The number of benzene rings is 1. The summed E-state index contributed by atoms with van der Waals surface area (Å²) in [6.07, 6.45) is 7.54. The van der Waals surface area contributed by atoms with E-state index >= 15 is 0 Å². The van der Waals surface area contributed by atoms with Crippen LogP contribution in [0.1, 0.15) is 37.7 Å². The smallest absolute Gasteiger partial charge is 0.242 e. The average molecular weight is 328 g/mol. The first-order chi connectivity index (χ1) is 11.8. The van der Waals surface area contributed by atoms with Crippen molar-refractivity contribution in [2.75, 3.05) is 18.2 Å². The van der Waals surface area contributed by atoms with Gasteiger partial charge in [-0.15, -0.1) is 0 Å². The minimum atomic E-state index is 0.213. The molecular weight excluding hydrogens is 304 g/mol. The van der Waals surface area contributed by atoms with Crippen LogP contribution in [-0.2, 0) is 6.54 Å². The Morgan fingerprint density at radius 1 is 1.12 bits per heavy atom. The van der Waals surface area contributed by atoms with Gasteiger partial charge in [0.25, 0.3) is 0 Å². The number of nitrogens with two attached hydrogens (primary N) is 1. The van der Waals surface area contributed by atoms with Crippen LogP contribution in [0.25, 0.3) is 0 Å². The number of hydrogen-bond donors (Lipinski definition) is 2. The summed E-state index contributed by atoms with van der Waals surface area (Å²) in [5, 5.41) is 3.25. The molecule has 1 aromatic carbocycles. The van der Waals surface area contributed by atoms with Gasteiger partial charge in [-0.2, -0.15) is 4.98 Å². The van der Waals surface area contributed by atoms with E-state index in [1.807, 2.05) is 24.3 Å². The minimum Gasteiger partial charge on any atom is -0.497 e. The van der Waals surface area contributed by atoms with Crippen LogP contribution < -0.4 is 20.5 Å². The van der Waals surface area contributed by atoms with Crippen LogP contribution in [0.2, 0.25) is 0 Å². The summed E-state index contributed by atoms with van der Waals surface area (Å²) < 4.78 is 11.1. The first kappa shape index (κ1) is 16.4. The summed E-state index contributed by atoms with van der Waals surface area (Å²) in [5.74, 6) is 1.92. The zero-order valence-electron chi connectivity index (χ0n) is 14.0. The Bertz CT molecular complexity index is 655. The average Bonchev–Trinajstić information content (AvgIpc) is 2.64. The summed E-state index contributed by atoms with van der Waals surface area (Å²) >= 11 is 0. The maximum Gasteiger partial charge on any atom is 0.242 e. The highest BCUT2D eigenvalue weighted by Crippen LogP contribution is 2.29. The molecule has 0 atom stereocenters. The number of anilines is 2. The maximum atomic E-state index is 6.18. The molecule has 0 unspecified atom stereocenters. The van der Waals surface area contributed by atoms with E-state index in [1.165, 1.54) is 25.6 Å². The molecule has 1 aromatic heterocycles. The number of nitrogens with zero attached hydrogens (tertiary/aromatic N) is 2. The fourth-order valence-corrected chi connectivity index (χ4v) is 2.88. The molecule has 1 aliphatic carbocycles. The molecule has 1 heterocycles. The Hall–Kier alpha value is -2.50. The molecule has 0 saturated heterocycles. The van der Waals surface area contributed by atoms with E-state index in [-0.39, 0.29) is 6.10 Å². The van der Waals surface area contributed by atoms with Gasteiger partial charge in [0.05, 0.1) is 7.11 Å². The van der Waals surface area contributed by atoms with E-state index in [0.29, 0.717) is 23.9 Å². The molecule has 3 N–H and O–H groups in total. The fourth-order valence-electron chi connectivity index (χ4n) is 2.88. The molecule has 0 aliphatic heterocycles. The molecule has 6 heteroatoms. The third-order valence-electron chi connectivity index (χ3n) is 4.30. The molecule has 3 rings (SSSR count). The Labute approximate surface area is 142 Å². The second-order valence-electron chi connectivity index (χ2n) is 6.02. The van der Waals surface area contributed by atoms with Gasteiger partial charge >= 0.3 is 0 Å². The molecule has 24 heavy (non-hydrogen) atoms. The lowest BCUT2D eigenvalue weighted by Crippen LogP contribution is -2.21. The van der Waals surface area contributed by atoms with Gasteiger partial charge in [-0.25, -0.2) is 4.98 Å². The van der Waals surface area contributed by atoms with Crippen LogP contribution in [0.5, 0.6) is 11.6 Å². The second-order valence-corrected chi connectivity index (χ2v) is 6.02. The number of rotatable bonds is 6. The van der Waals surface area contributed by atoms with E-state index in [4.69, 9.17) is 15.2 Å². The molecule has 2 aromatic rings.